The summed E-state index contributed by atoms with van der Waals surface area (Å²) in [5, 5.41) is 6.57. The van der Waals surface area contributed by atoms with E-state index in [0.29, 0.717) is 11.8 Å². The first-order valence-electron chi connectivity index (χ1n) is 11.7. The van der Waals surface area contributed by atoms with Crippen LogP contribution in [0.1, 0.15) is 53.9 Å². The summed E-state index contributed by atoms with van der Waals surface area (Å²) in [6.07, 6.45) is 2.87. The fourth-order valence-corrected chi connectivity index (χ4v) is 3.72. The maximum atomic E-state index is 12.2. The van der Waals surface area contributed by atoms with Crippen molar-refractivity contribution in [3.8, 4) is 0 Å². The molecule has 1 unspecified atom stereocenters. The van der Waals surface area contributed by atoms with Crippen LogP contribution in [0.2, 0.25) is 0 Å². The van der Waals surface area contributed by atoms with E-state index in [1.165, 1.54) is 12.8 Å². The molecule has 0 aromatic rings. The summed E-state index contributed by atoms with van der Waals surface area (Å²) in [6.45, 7) is 15.7. The lowest BCUT2D eigenvalue weighted by Gasteiger charge is -2.33. The van der Waals surface area contributed by atoms with Gasteiger partial charge in [-0.15, -0.1) is 0 Å². The Morgan fingerprint density at radius 2 is 1.90 bits per heavy atom. The summed E-state index contributed by atoms with van der Waals surface area (Å²) in [6, 6.07) is 0.0480. The Hall–Kier alpha value is -1.54. The first-order valence-corrected chi connectivity index (χ1v) is 11.7. The predicted octanol–water partition coefficient (Wildman–Crippen LogP) is 2.79. The second-order valence-corrected chi connectivity index (χ2v) is 9.91. The molecule has 2 N–H and O–H groups in total. The summed E-state index contributed by atoms with van der Waals surface area (Å²) >= 11 is 0. The Morgan fingerprint density at radius 1 is 1.26 bits per heavy atom. The van der Waals surface area contributed by atoms with Crippen LogP contribution in [-0.4, -0.2) is 94.0 Å². The number of alkyl carbamates (subject to hydrolysis) is 1. The molecule has 0 bridgehead atoms. The Bertz CT molecular complexity index is 540. The number of aliphatic imine (C=N–C) groups is 1. The van der Waals surface area contributed by atoms with Gasteiger partial charge >= 0.3 is 6.09 Å². The highest BCUT2D eigenvalue weighted by Crippen LogP contribution is 2.16. The minimum absolute atomic E-state index is 0.0480. The number of likely N-dealkylation sites (tertiary alicyclic amines) is 1. The number of piperidine rings is 1. The average Bonchev–Trinajstić information content (AvgIpc) is 2.69. The number of hydrogen-bond donors (Lipinski definition) is 2. The number of rotatable bonds is 10. The minimum atomic E-state index is -0.492. The number of nitrogens with zero attached hydrogens (tertiary/aromatic N) is 3. The first-order chi connectivity index (χ1) is 14.6. The Balaban J connectivity index is 2.42. The smallest absolute Gasteiger partial charge is 0.407 e. The van der Waals surface area contributed by atoms with Crippen molar-refractivity contribution in [2.45, 2.75) is 65.5 Å². The summed E-state index contributed by atoms with van der Waals surface area (Å²) < 4.78 is 10.6. The zero-order valence-corrected chi connectivity index (χ0v) is 21.2. The Kier molecular flexibility index (Phi) is 12.2. The third-order valence-electron chi connectivity index (χ3n) is 5.72. The van der Waals surface area contributed by atoms with Crippen LogP contribution in [0.3, 0.4) is 0 Å². The number of amides is 1. The van der Waals surface area contributed by atoms with E-state index in [4.69, 9.17) is 9.47 Å². The van der Waals surface area contributed by atoms with Crippen molar-refractivity contribution < 1.29 is 14.3 Å². The molecule has 0 saturated carbocycles. The lowest BCUT2D eigenvalue weighted by molar-refractivity contribution is 0.0485. The maximum absolute atomic E-state index is 12.2. The van der Waals surface area contributed by atoms with Crippen molar-refractivity contribution in [2.75, 3.05) is 60.5 Å². The minimum Gasteiger partial charge on any atom is -0.444 e. The number of carbonyl (C=O) groups is 1. The van der Waals surface area contributed by atoms with E-state index < -0.39 is 5.60 Å². The number of nitrogens with one attached hydrogen (secondary N) is 2. The van der Waals surface area contributed by atoms with E-state index in [9.17, 15) is 4.79 Å². The molecular weight excluding hydrogens is 394 g/mol. The molecule has 1 heterocycles. The molecule has 1 rings (SSSR count). The van der Waals surface area contributed by atoms with Crippen LogP contribution >= 0.6 is 0 Å². The van der Waals surface area contributed by atoms with Crippen molar-refractivity contribution in [3.63, 3.8) is 0 Å². The molecule has 8 heteroatoms. The molecule has 0 radical (unpaired) electrons. The highest BCUT2D eigenvalue weighted by molar-refractivity contribution is 5.79. The number of hydrogen-bond acceptors (Lipinski definition) is 5. The van der Waals surface area contributed by atoms with Crippen LogP contribution in [0.5, 0.6) is 0 Å². The third-order valence-corrected chi connectivity index (χ3v) is 5.72. The van der Waals surface area contributed by atoms with E-state index in [2.05, 4.69) is 39.3 Å². The van der Waals surface area contributed by atoms with Gasteiger partial charge in [-0.3, -0.25) is 4.99 Å². The summed E-state index contributed by atoms with van der Waals surface area (Å²) in [5.74, 6) is 1.89. The van der Waals surface area contributed by atoms with Gasteiger partial charge in [-0.05, 0) is 65.0 Å². The van der Waals surface area contributed by atoms with Crippen LogP contribution in [0, 0.1) is 11.8 Å². The molecule has 0 aliphatic carbocycles. The van der Waals surface area contributed by atoms with Crippen molar-refractivity contribution >= 4 is 12.1 Å². The number of ether oxygens (including phenoxy) is 2. The first kappa shape index (κ1) is 27.5. The number of methoxy groups -OCH3 is 1. The van der Waals surface area contributed by atoms with Crippen molar-refractivity contribution in [2.24, 2.45) is 16.8 Å². The average molecular weight is 442 g/mol. The molecule has 1 atom stereocenters. The van der Waals surface area contributed by atoms with Crippen LogP contribution in [0.4, 0.5) is 4.79 Å². The van der Waals surface area contributed by atoms with E-state index in [1.807, 2.05) is 34.9 Å². The Labute approximate surface area is 190 Å². The molecule has 0 aromatic heterocycles. The lowest BCUT2D eigenvalue weighted by atomic mass is 9.97. The van der Waals surface area contributed by atoms with Crippen LogP contribution in [0.15, 0.2) is 4.99 Å². The Morgan fingerprint density at radius 3 is 2.42 bits per heavy atom. The molecule has 1 aliphatic rings. The van der Waals surface area contributed by atoms with Crippen molar-refractivity contribution in [3.05, 3.63) is 0 Å². The number of carbonyl (C=O) groups excluding carboxylic acids is 1. The van der Waals surface area contributed by atoms with E-state index in [-0.39, 0.29) is 12.1 Å². The second-order valence-electron chi connectivity index (χ2n) is 9.91. The van der Waals surface area contributed by atoms with E-state index >= 15 is 0 Å². The molecule has 182 valence electrons. The highest BCUT2D eigenvalue weighted by Gasteiger charge is 2.23. The van der Waals surface area contributed by atoms with Gasteiger partial charge in [0, 0.05) is 46.9 Å². The molecule has 1 saturated heterocycles. The maximum Gasteiger partial charge on any atom is 0.407 e. The van der Waals surface area contributed by atoms with Gasteiger partial charge in [0.2, 0.25) is 0 Å². The van der Waals surface area contributed by atoms with Crippen molar-refractivity contribution in [1.82, 2.24) is 20.4 Å². The lowest BCUT2D eigenvalue weighted by Crippen LogP contribution is -2.46. The standard InChI is InChI=1S/C23H47N5O3/c1-18(2)20(26-22(29)31-23(3,4)5)11-12-27(7)21(24-6)25-17-19-9-13-28(14-10-19)15-16-30-8/h18-20H,9-17H2,1-8H3,(H,24,25)(H,26,29). The molecule has 0 spiro atoms. The molecular formula is C23H47N5O3. The van der Waals surface area contributed by atoms with Crippen LogP contribution < -0.4 is 10.6 Å². The highest BCUT2D eigenvalue weighted by atomic mass is 16.6. The topological polar surface area (TPSA) is 78.4 Å². The summed E-state index contributed by atoms with van der Waals surface area (Å²) in [4.78, 5) is 21.2. The molecule has 8 nitrogen and oxygen atoms in total. The number of guanidine groups is 1. The molecule has 31 heavy (non-hydrogen) atoms. The van der Waals surface area contributed by atoms with Crippen LogP contribution in [-0.2, 0) is 9.47 Å². The quantitative estimate of drug-likeness (QED) is 0.401. The summed E-state index contributed by atoms with van der Waals surface area (Å²) in [7, 11) is 5.63. The zero-order chi connectivity index (χ0) is 23.4. The van der Waals surface area contributed by atoms with Crippen LogP contribution in [0.25, 0.3) is 0 Å². The van der Waals surface area contributed by atoms with Gasteiger partial charge < -0.3 is 29.9 Å². The normalized spacial score (nSPS) is 17.5. The molecule has 1 fully saturated rings. The molecule has 1 aliphatic heterocycles. The SMILES string of the molecule is CN=C(NCC1CCN(CCOC)CC1)N(C)CCC(NC(=O)OC(C)(C)C)C(C)C. The van der Waals surface area contributed by atoms with Gasteiger partial charge in [0.05, 0.1) is 6.61 Å². The monoisotopic (exact) mass is 441 g/mol. The predicted molar refractivity (Wildman–Crippen MR) is 128 cm³/mol. The van der Waals surface area contributed by atoms with Gasteiger partial charge in [-0.25, -0.2) is 4.79 Å². The third kappa shape index (κ3) is 11.6. The molecule has 1 amide bonds. The largest absolute Gasteiger partial charge is 0.444 e. The van der Waals surface area contributed by atoms with Crippen molar-refractivity contribution in [1.29, 1.82) is 0 Å². The molecule has 0 aromatic carbocycles. The van der Waals surface area contributed by atoms with E-state index in [1.54, 1.807) is 7.11 Å². The van der Waals surface area contributed by atoms with Gasteiger partial charge in [-0.1, -0.05) is 13.8 Å². The van der Waals surface area contributed by atoms with E-state index in [0.717, 1.165) is 51.7 Å². The summed E-state index contributed by atoms with van der Waals surface area (Å²) in [5.41, 5.74) is -0.492. The van der Waals surface area contributed by atoms with Gasteiger partial charge in [0.1, 0.15) is 5.60 Å². The fraction of sp³-hybridized carbons (Fsp3) is 0.913. The zero-order valence-electron chi connectivity index (χ0n) is 21.2. The fourth-order valence-electron chi connectivity index (χ4n) is 3.72. The van der Waals surface area contributed by atoms with Gasteiger partial charge in [0.25, 0.3) is 0 Å². The van der Waals surface area contributed by atoms with Gasteiger partial charge in [0.15, 0.2) is 5.96 Å². The second kappa shape index (κ2) is 13.8. The van der Waals surface area contributed by atoms with Gasteiger partial charge in [-0.2, -0.15) is 0 Å².